The zero-order valence-corrected chi connectivity index (χ0v) is 5.92. The van der Waals surface area contributed by atoms with Crippen LogP contribution in [0.5, 0.6) is 0 Å². The maximum Gasteiger partial charge on any atom is 0.330 e. The molecule has 0 bridgehead atoms. The highest BCUT2D eigenvalue weighted by Gasteiger charge is 2.11. The molecule has 0 aliphatic carbocycles. The fourth-order valence-electron chi connectivity index (χ4n) is 1.18. The second-order valence-electron chi connectivity index (χ2n) is 2.63. The third-order valence-electron chi connectivity index (χ3n) is 1.75. The summed E-state index contributed by atoms with van der Waals surface area (Å²) in [6.07, 6.45) is 0. The van der Waals surface area contributed by atoms with Crippen molar-refractivity contribution in [2.45, 2.75) is 13.5 Å². The zero-order valence-electron chi connectivity index (χ0n) is 5.92. The molecule has 0 amide bonds. The van der Waals surface area contributed by atoms with Crippen LogP contribution < -0.4 is 5.46 Å². The van der Waals surface area contributed by atoms with Crippen LogP contribution in [0.3, 0.4) is 0 Å². The lowest BCUT2D eigenvalue weighted by molar-refractivity contribution is 0.345. The SMILES string of the molecule is Cc1ccc2c(c1)[B]OC2. The van der Waals surface area contributed by atoms with Gasteiger partial charge in [0.1, 0.15) is 0 Å². The Balaban J connectivity index is 2.52. The quantitative estimate of drug-likeness (QED) is 0.472. The van der Waals surface area contributed by atoms with Gasteiger partial charge in [0.05, 0.1) is 6.61 Å². The highest BCUT2D eigenvalue weighted by molar-refractivity contribution is 6.48. The Morgan fingerprint density at radius 2 is 2.40 bits per heavy atom. The van der Waals surface area contributed by atoms with E-state index in [9.17, 15) is 0 Å². The van der Waals surface area contributed by atoms with Crippen LogP contribution in [0.4, 0.5) is 0 Å². The summed E-state index contributed by atoms with van der Waals surface area (Å²) in [6, 6.07) is 6.37. The van der Waals surface area contributed by atoms with Gasteiger partial charge in [0.25, 0.3) is 0 Å². The number of rotatable bonds is 0. The first-order valence-corrected chi connectivity index (χ1v) is 3.40. The lowest BCUT2D eigenvalue weighted by Gasteiger charge is -1.96. The normalized spacial score (nSPS) is 14.5. The Morgan fingerprint density at radius 1 is 1.50 bits per heavy atom. The predicted octanol–water partition coefficient (Wildman–Crippen LogP) is 0.770. The summed E-state index contributed by atoms with van der Waals surface area (Å²) in [5, 5.41) is 0. The molecule has 0 saturated heterocycles. The minimum atomic E-state index is 0.746. The Morgan fingerprint density at radius 3 is 3.30 bits per heavy atom. The molecule has 1 heterocycles. The smallest absolute Gasteiger partial charge is 0.330 e. The molecular formula is C8H8BO. The molecule has 0 unspecified atom stereocenters. The maximum atomic E-state index is 5.14. The van der Waals surface area contributed by atoms with E-state index in [0.717, 1.165) is 6.61 Å². The minimum Gasteiger partial charge on any atom is -0.430 e. The molecule has 2 heteroatoms. The van der Waals surface area contributed by atoms with Gasteiger partial charge >= 0.3 is 7.48 Å². The molecule has 0 spiro atoms. The molecule has 0 atom stereocenters. The lowest BCUT2D eigenvalue weighted by atomic mass is 9.86. The van der Waals surface area contributed by atoms with Gasteiger partial charge in [0.2, 0.25) is 0 Å². The third-order valence-corrected chi connectivity index (χ3v) is 1.75. The first-order valence-electron chi connectivity index (χ1n) is 3.40. The fraction of sp³-hybridized carbons (Fsp3) is 0.250. The highest BCUT2D eigenvalue weighted by Crippen LogP contribution is 2.06. The number of benzene rings is 1. The van der Waals surface area contributed by atoms with Crippen molar-refractivity contribution in [3.63, 3.8) is 0 Å². The second kappa shape index (κ2) is 2.13. The van der Waals surface area contributed by atoms with Crippen LogP contribution in [0.2, 0.25) is 0 Å². The van der Waals surface area contributed by atoms with Crippen molar-refractivity contribution in [2.24, 2.45) is 0 Å². The van der Waals surface area contributed by atoms with Crippen molar-refractivity contribution < 1.29 is 4.65 Å². The van der Waals surface area contributed by atoms with Crippen LogP contribution in [0, 0.1) is 6.92 Å². The average Bonchev–Trinajstić information content (AvgIpc) is 2.33. The maximum absolute atomic E-state index is 5.14. The van der Waals surface area contributed by atoms with Crippen LogP contribution in [-0.2, 0) is 11.3 Å². The standard InChI is InChI=1S/C8H8BO/c1-6-2-3-7-5-10-9-8(7)4-6/h2-4H,5H2,1H3. The summed E-state index contributed by atoms with van der Waals surface area (Å²) in [7, 11) is 1.82. The molecule has 10 heavy (non-hydrogen) atoms. The van der Waals surface area contributed by atoms with Crippen LogP contribution in [0.15, 0.2) is 18.2 Å². The minimum absolute atomic E-state index is 0.746. The molecule has 1 aliphatic heterocycles. The van der Waals surface area contributed by atoms with E-state index in [0.29, 0.717) is 0 Å². The molecular weight excluding hydrogens is 123 g/mol. The van der Waals surface area contributed by atoms with Gasteiger partial charge in [0.15, 0.2) is 0 Å². The van der Waals surface area contributed by atoms with Crippen molar-refractivity contribution in [3.05, 3.63) is 29.3 Å². The average molecular weight is 131 g/mol. The topological polar surface area (TPSA) is 9.23 Å². The lowest BCUT2D eigenvalue weighted by Crippen LogP contribution is -2.11. The summed E-state index contributed by atoms with van der Waals surface area (Å²) in [5.41, 5.74) is 3.83. The van der Waals surface area contributed by atoms with Crippen LogP contribution in [-0.4, -0.2) is 7.48 Å². The van der Waals surface area contributed by atoms with Crippen LogP contribution >= 0.6 is 0 Å². The van der Waals surface area contributed by atoms with E-state index in [2.05, 4.69) is 25.1 Å². The molecule has 1 aromatic rings. The molecule has 1 aromatic carbocycles. The van der Waals surface area contributed by atoms with E-state index < -0.39 is 0 Å². The van der Waals surface area contributed by atoms with Gasteiger partial charge < -0.3 is 4.65 Å². The van der Waals surface area contributed by atoms with E-state index in [1.165, 1.54) is 16.6 Å². The Bertz CT molecular complexity index is 257. The van der Waals surface area contributed by atoms with E-state index >= 15 is 0 Å². The van der Waals surface area contributed by atoms with Crippen molar-refractivity contribution in [1.29, 1.82) is 0 Å². The molecule has 0 N–H and O–H groups in total. The molecule has 1 radical (unpaired) electrons. The van der Waals surface area contributed by atoms with Crippen molar-refractivity contribution >= 4 is 12.9 Å². The van der Waals surface area contributed by atoms with Crippen molar-refractivity contribution in [1.82, 2.24) is 0 Å². The highest BCUT2D eigenvalue weighted by atomic mass is 16.4. The Kier molecular flexibility index (Phi) is 1.28. The molecule has 2 rings (SSSR count). The second-order valence-corrected chi connectivity index (χ2v) is 2.63. The molecule has 0 saturated carbocycles. The van der Waals surface area contributed by atoms with Gasteiger partial charge in [-0.1, -0.05) is 23.8 Å². The van der Waals surface area contributed by atoms with E-state index in [1.807, 2.05) is 7.48 Å². The summed E-state index contributed by atoms with van der Waals surface area (Å²) >= 11 is 0. The number of fused-ring (bicyclic) bond motifs is 1. The number of hydrogen-bond acceptors (Lipinski definition) is 1. The Labute approximate surface area is 61.3 Å². The third kappa shape index (κ3) is 0.849. The largest absolute Gasteiger partial charge is 0.430 e. The molecule has 0 aromatic heterocycles. The fourth-order valence-corrected chi connectivity index (χ4v) is 1.18. The van der Waals surface area contributed by atoms with Gasteiger partial charge in [-0.15, -0.1) is 0 Å². The van der Waals surface area contributed by atoms with Gasteiger partial charge in [-0.2, -0.15) is 0 Å². The predicted molar refractivity (Wildman–Crippen MR) is 41.4 cm³/mol. The van der Waals surface area contributed by atoms with E-state index in [-0.39, 0.29) is 0 Å². The van der Waals surface area contributed by atoms with E-state index in [1.54, 1.807) is 0 Å². The zero-order chi connectivity index (χ0) is 6.97. The number of aryl methyl sites for hydroxylation is 1. The molecule has 1 aliphatic rings. The van der Waals surface area contributed by atoms with Gasteiger partial charge in [0, 0.05) is 0 Å². The van der Waals surface area contributed by atoms with E-state index in [4.69, 9.17) is 4.65 Å². The van der Waals surface area contributed by atoms with Crippen molar-refractivity contribution in [2.75, 3.05) is 0 Å². The molecule has 0 fully saturated rings. The van der Waals surface area contributed by atoms with Crippen LogP contribution in [0.25, 0.3) is 0 Å². The van der Waals surface area contributed by atoms with Gasteiger partial charge in [-0.05, 0) is 17.9 Å². The monoisotopic (exact) mass is 131 g/mol. The first kappa shape index (κ1) is 5.99. The summed E-state index contributed by atoms with van der Waals surface area (Å²) in [5.74, 6) is 0. The first-order chi connectivity index (χ1) is 4.86. The summed E-state index contributed by atoms with van der Waals surface area (Å²) in [4.78, 5) is 0. The summed E-state index contributed by atoms with van der Waals surface area (Å²) in [6.45, 7) is 2.84. The van der Waals surface area contributed by atoms with Gasteiger partial charge in [-0.25, -0.2) is 0 Å². The molecule has 1 nitrogen and oxygen atoms in total. The Hall–Kier alpha value is -0.755. The van der Waals surface area contributed by atoms with Crippen LogP contribution in [0.1, 0.15) is 11.1 Å². The van der Waals surface area contributed by atoms with Crippen molar-refractivity contribution in [3.8, 4) is 0 Å². The van der Waals surface area contributed by atoms with Gasteiger partial charge in [-0.3, -0.25) is 0 Å². The molecule has 49 valence electrons. The number of hydrogen-bond donors (Lipinski definition) is 0. The summed E-state index contributed by atoms with van der Waals surface area (Å²) < 4.78 is 5.14.